The SMILES string of the molecule is COc1ccc(Br)cc1[C@H]1C(C(=O)OC(C)C)=C(C)N=c2s/c(=C\c3ccccc3OCc3ccc([N+](=O)[O-])cc3)c(=O)n21. The van der Waals surface area contributed by atoms with Crippen LogP contribution in [0.1, 0.15) is 43.5 Å². The smallest absolute Gasteiger partial charge is 0.338 e. The van der Waals surface area contributed by atoms with Gasteiger partial charge in [-0.05, 0) is 68.8 Å². The van der Waals surface area contributed by atoms with Crippen molar-refractivity contribution in [2.75, 3.05) is 7.11 Å². The average molecular weight is 679 g/mol. The van der Waals surface area contributed by atoms with Gasteiger partial charge in [0.2, 0.25) is 0 Å². The summed E-state index contributed by atoms with van der Waals surface area (Å²) in [5, 5.41) is 11.0. The molecular formula is C32H28BrN3O7S. The largest absolute Gasteiger partial charge is 0.496 e. The number of carbonyl (C=O) groups excluding carboxylic acids is 1. The van der Waals surface area contributed by atoms with E-state index in [0.29, 0.717) is 37.7 Å². The summed E-state index contributed by atoms with van der Waals surface area (Å²) in [5.74, 6) is 0.467. The first kappa shape index (κ1) is 30.9. The maximum atomic E-state index is 14.1. The molecule has 226 valence electrons. The Balaban J connectivity index is 1.60. The summed E-state index contributed by atoms with van der Waals surface area (Å²) in [6.45, 7) is 5.43. The molecule has 1 atom stereocenters. The first-order valence-corrected chi connectivity index (χ1v) is 15.2. The molecule has 0 saturated carbocycles. The second-order valence-corrected chi connectivity index (χ2v) is 12.1. The van der Waals surface area contributed by atoms with E-state index in [9.17, 15) is 19.7 Å². The summed E-state index contributed by atoms with van der Waals surface area (Å²) < 4.78 is 19.9. The number of para-hydroxylation sites is 1. The topological polar surface area (TPSA) is 122 Å². The zero-order chi connectivity index (χ0) is 31.5. The monoisotopic (exact) mass is 677 g/mol. The lowest BCUT2D eigenvalue weighted by Gasteiger charge is -2.26. The molecule has 0 saturated heterocycles. The second-order valence-electron chi connectivity index (χ2n) is 10.2. The van der Waals surface area contributed by atoms with Crippen LogP contribution in [0.25, 0.3) is 6.08 Å². The average Bonchev–Trinajstić information content (AvgIpc) is 3.29. The fraction of sp³-hybridized carbons (Fsp3) is 0.219. The fourth-order valence-corrected chi connectivity index (χ4v) is 6.24. The van der Waals surface area contributed by atoms with Crippen LogP contribution in [0.15, 0.2) is 92.3 Å². The van der Waals surface area contributed by atoms with E-state index in [0.717, 1.165) is 10.0 Å². The molecule has 0 unspecified atom stereocenters. The van der Waals surface area contributed by atoms with Crippen molar-refractivity contribution >= 4 is 45.0 Å². The molecule has 5 rings (SSSR count). The Kier molecular flexibility index (Phi) is 9.12. The number of non-ortho nitro benzene ring substituents is 1. The number of methoxy groups -OCH3 is 1. The molecule has 10 nitrogen and oxygen atoms in total. The van der Waals surface area contributed by atoms with Gasteiger partial charge in [-0.25, -0.2) is 9.79 Å². The maximum absolute atomic E-state index is 14.1. The number of hydrogen-bond acceptors (Lipinski definition) is 9. The van der Waals surface area contributed by atoms with Crippen LogP contribution in [0, 0.1) is 10.1 Å². The van der Waals surface area contributed by atoms with Gasteiger partial charge in [-0.2, -0.15) is 0 Å². The number of nitrogens with zero attached hydrogens (tertiary/aromatic N) is 3. The molecule has 1 aliphatic rings. The van der Waals surface area contributed by atoms with Crippen molar-refractivity contribution in [2.45, 2.75) is 39.5 Å². The van der Waals surface area contributed by atoms with Crippen molar-refractivity contribution in [3.8, 4) is 11.5 Å². The molecule has 4 aromatic rings. The van der Waals surface area contributed by atoms with E-state index in [2.05, 4.69) is 20.9 Å². The highest BCUT2D eigenvalue weighted by Gasteiger charge is 2.35. The molecule has 44 heavy (non-hydrogen) atoms. The van der Waals surface area contributed by atoms with Crippen molar-refractivity contribution < 1.29 is 23.9 Å². The van der Waals surface area contributed by atoms with E-state index < -0.39 is 16.9 Å². The third-order valence-electron chi connectivity index (χ3n) is 6.82. The number of carbonyl (C=O) groups is 1. The highest BCUT2D eigenvalue weighted by Crippen LogP contribution is 2.37. The Hall–Kier alpha value is -4.55. The number of ether oxygens (including phenoxy) is 3. The predicted molar refractivity (Wildman–Crippen MR) is 170 cm³/mol. The summed E-state index contributed by atoms with van der Waals surface area (Å²) in [4.78, 5) is 43.2. The summed E-state index contributed by atoms with van der Waals surface area (Å²) in [7, 11) is 1.53. The van der Waals surface area contributed by atoms with Gasteiger partial charge in [-0.3, -0.25) is 19.5 Å². The van der Waals surface area contributed by atoms with Gasteiger partial charge in [0.15, 0.2) is 4.80 Å². The molecule has 0 radical (unpaired) electrons. The quantitative estimate of drug-likeness (QED) is 0.131. The fourth-order valence-electron chi connectivity index (χ4n) is 4.82. The Morgan fingerprint density at radius 2 is 1.86 bits per heavy atom. The third kappa shape index (κ3) is 6.36. The molecule has 0 amide bonds. The van der Waals surface area contributed by atoms with Crippen LogP contribution in [0.2, 0.25) is 0 Å². The van der Waals surface area contributed by atoms with E-state index in [1.165, 1.54) is 35.1 Å². The van der Waals surface area contributed by atoms with Crippen molar-refractivity contribution in [3.05, 3.63) is 129 Å². The molecular weight excluding hydrogens is 650 g/mol. The minimum absolute atomic E-state index is 0.000766. The standard InChI is InChI=1S/C32H28BrN3O7S/c1-18(2)43-31(38)28-19(3)34-32-35(29(28)24-16-22(33)11-14-26(24)41-4)30(37)27(44-32)15-21-7-5-6-8-25(21)42-17-20-9-12-23(13-10-20)36(39)40/h5-16,18,29H,17H2,1-4H3/b27-15-/t29-/m0/s1. The summed E-state index contributed by atoms with van der Waals surface area (Å²) >= 11 is 4.72. The van der Waals surface area contributed by atoms with Crippen LogP contribution < -0.4 is 24.4 Å². The van der Waals surface area contributed by atoms with Crippen LogP contribution in [0.5, 0.6) is 11.5 Å². The number of hydrogen-bond donors (Lipinski definition) is 0. The Bertz CT molecular complexity index is 1960. The lowest BCUT2D eigenvalue weighted by Crippen LogP contribution is -2.40. The van der Waals surface area contributed by atoms with Crippen molar-refractivity contribution in [2.24, 2.45) is 4.99 Å². The van der Waals surface area contributed by atoms with Crippen LogP contribution in [0.4, 0.5) is 5.69 Å². The number of nitro benzene ring substituents is 1. The van der Waals surface area contributed by atoms with Crippen LogP contribution in [-0.2, 0) is 16.1 Å². The van der Waals surface area contributed by atoms with E-state index in [4.69, 9.17) is 14.2 Å². The number of rotatable bonds is 9. The minimum Gasteiger partial charge on any atom is -0.496 e. The van der Waals surface area contributed by atoms with Crippen molar-refractivity contribution in [3.63, 3.8) is 0 Å². The van der Waals surface area contributed by atoms with Crippen LogP contribution >= 0.6 is 27.3 Å². The number of esters is 1. The normalized spacial score (nSPS) is 14.7. The molecule has 1 aliphatic heterocycles. The van der Waals surface area contributed by atoms with Gasteiger partial charge in [0, 0.05) is 27.7 Å². The van der Waals surface area contributed by atoms with Gasteiger partial charge in [0.25, 0.3) is 11.2 Å². The van der Waals surface area contributed by atoms with E-state index >= 15 is 0 Å². The van der Waals surface area contributed by atoms with Crippen molar-refractivity contribution in [1.29, 1.82) is 0 Å². The number of halogens is 1. The highest BCUT2D eigenvalue weighted by molar-refractivity contribution is 9.10. The molecule has 3 aromatic carbocycles. The molecule has 0 spiro atoms. The summed E-state index contributed by atoms with van der Waals surface area (Å²) in [5.41, 5.74) is 2.37. The van der Waals surface area contributed by atoms with E-state index in [-0.39, 0.29) is 29.5 Å². The maximum Gasteiger partial charge on any atom is 0.338 e. The number of nitro groups is 1. The number of thiazole rings is 1. The zero-order valence-corrected chi connectivity index (χ0v) is 26.7. The van der Waals surface area contributed by atoms with Gasteiger partial charge >= 0.3 is 5.97 Å². The van der Waals surface area contributed by atoms with Gasteiger partial charge in [-0.15, -0.1) is 0 Å². The van der Waals surface area contributed by atoms with Gasteiger partial charge in [-0.1, -0.05) is 45.5 Å². The molecule has 0 N–H and O–H groups in total. The molecule has 0 fully saturated rings. The third-order valence-corrected chi connectivity index (χ3v) is 8.29. The van der Waals surface area contributed by atoms with Crippen molar-refractivity contribution in [1.82, 2.24) is 4.57 Å². The Labute approximate surface area is 264 Å². The Morgan fingerprint density at radius 1 is 1.14 bits per heavy atom. The first-order chi connectivity index (χ1) is 21.1. The van der Waals surface area contributed by atoms with Crippen LogP contribution in [-0.4, -0.2) is 28.7 Å². The van der Waals surface area contributed by atoms with Gasteiger partial charge < -0.3 is 14.2 Å². The highest BCUT2D eigenvalue weighted by atomic mass is 79.9. The number of aromatic nitrogens is 1. The Morgan fingerprint density at radius 3 is 2.55 bits per heavy atom. The van der Waals surface area contributed by atoms with Crippen LogP contribution in [0.3, 0.4) is 0 Å². The number of fused-ring (bicyclic) bond motifs is 1. The predicted octanol–water partition coefficient (Wildman–Crippen LogP) is 5.45. The molecule has 0 bridgehead atoms. The zero-order valence-electron chi connectivity index (χ0n) is 24.3. The molecule has 0 aliphatic carbocycles. The lowest BCUT2D eigenvalue weighted by molar-refractivity contribution is -0.384. The van der Waals surface area contributed by atoms with Gasteiger partial charge in [0.1, 0.15) is 24.1 Å². The lowest BCUT2D eigenvalue weighted by atomic mass is 9.95. The number of benzene rings is 3. The van der Waals surface area contributed by atoms with E-state index in [1.54, 1.807) is 51.1 Å². The first-order valence-electron chi connectivity index (χ1n) is 13.6. The second kappa shape index (κ2) is 13.0. The number of allylic oxidation sites excluding steroid dienone is 1. The van der Waals surface area contributed by atoms with Gasteiger partial charge in [0.05, 0.1) is 33.9 Å². The molecule has 12 heteroatoms. The minimum atomic E-state index is -0.847. The van der Waals surface area contributed by atoms with E-state index in [1.807, 2.05) is 30.3 Å². The summed E-state index contributed by atoms with van der Waals surface area (Å²) in [6.07, 6.45) is 1.36. The summed E-state index contributed by atoms with van der Waals surface area (Å²) in [6, 6.07) is 18.0. The molecule has 1 aromatic heterocycles. The molecule has 2 heterocycles.